The van der Waals surface area contributed by atoms with Crippen molar-refractivity contribution in [2.75, 3.05) is 24.5 Å². The van der Waals surface area contributed by atoms with E-state index in [2.05, 4.69) is 51.7 Å². The van der Waals surface area contributed by atoms with E-state index >= 15 is 0 Å². The van der Waals surface area contributed by atoms with E-state index in [4.69, 9.17) is 5.73 Å². The molecular weight excluding hydrogens is 352 g/mol. The third-order valence-corrected chi connectivity index (χ3v) is 6.09. The van der Waals surface area contributed by atoms with Crippen molar-refractivity contribution in [3.05, 3.63) is 41.7 Å². The Balaban J connectivity index is 1.26. The Bertz CT molecular complexity index is 793. The first-order chi connectivity index (χ1) is 13.6. The number of carbonyl (C=O) groups excluding carboxylic acids is 1. The molecule has 1 aliphatic carbocycles. The van der Waals surface area contributed by atoms with Gasteiger partial charge in [-0.05, 0) is 57.1 Å². The fourth-order valence-corrected chi connectivity index (χ4v) is 4.24. The van der Waals surface area contributed by atoms with Crippen molar-refractivity contribution in [2.45, 2.75) is 51.1 Å². The zero-order valence-electron chi connectivity index (χ0n) is 16.6. The molecule has 150 valence electrons. The second-order valence-corrected chi connectivity index (χ2v) is 8.30. The Morgan fingerprint density at radius 2 is 1.93 bits per heavy atom. The van der Waals surface area contributed by atoms with E-state index in [1.807, 2.05) is 4.68 Å². The highest BCUT2D eigenvalue weighted by molar-refractivity contribution is 5.91. The number of amides is 1. The van der Waals surface area contributed by atoms with Crippen LogP contribution in [0.15, 0.2) is 30.5 Å². The van der Waals surface area contributed by atoms with Gasteiger partial charge >= 0.3 is 0 Å². The van der Waals surface area contributed by atoms with Crippen LogP contribution >= 0.6 is 0 Å². The van der Waals surface area contributed by atoms with Crippen molar-refractivity contribution in [1.82, 2.24) is 20.3 Å². The normalized spacial score (nSPS) is 25.1. The van der Waals surface area contributed by atoms with Crippen molar-refractivity contribution < 1.29 is 4.79 Å². The van der Waals surface area contributed by atoms with Gasteiger partial charge < -0.3 is 16.0 Å². The summed E-state index contributed by atoms with van der Waals surface area (Å²) in [6.07, 6.45) is 6.88. The quantitative estimate of drug-likeness (QED) is 0.828. The molecule has 28 heavy (non-hydrogen) atoms. The van der Waals surface area contributed by atoms with Crippen LogP contribution in [0, 0.1) is 12.8 Å². The molecule has 0 unspecified atom stereocenters. The Kier molecular flexibility index (Phi) is 5.62. The summed E-state index contributed by atoms with van der Waals surface area (Å²) < 4.78 is 1.84. The zero-order valence-corrected chi connectivity index (χ0v) is 16.6. The lowest BCUT2D eigenvalue weighted by Crippen LogP contribution is -2.31. The molecule has 1 saturated carbocycles. The van der Waals surface area contributed by atoms with E-state index < -0.39 is 0 Å². The molecule has 2 heterocycles. The lowest BCUT2D eigenvalue weighted by Gasteiger charge is -2.25. The highest BCUT2D eigenvalue weighted by Gasteiger charge is 2.25. The number of carbonyl (C=O) groups is 1. The molecule has 7 heteroatoms. The third kappa shape index (κ3) is 4.35. The van der Waals surface area contributed by atoms with Gasteiger partial charge in [0.2, 0.25) is 0 Å². The maximum Gasteiger partial charge on any atom is 0.273 e. The highest BCUT2D eigenvalue weighted by Crippen LogP contribution is 2.27. The minimum absolute atomic E-state index is 0.132. The molecule has 1 saturated heterocycles. The van der Waals surface area contributed by atoms with E-state index in [-0.39, 0.29) is 5.91 Å². The summed E-state index contributed by atoms with van der Waals surface area (Å²) in [6, 6.07) is 9.25. The molecule has 1 aliphatic heterocycles. The number of anilines is 1. The lowest BCUT2D eigenvalue weighted by atomic mass is 9.92. The number of nitrogens with two attached hydrogens (primary N) is 1. The number of hydrogen-bond donors (Lipinski definition) is 2. The summed E-state index contributed by atoms with van der Waals surface area (Å²) in [7, 11) is 0. The van der Waals surface area contributed by atoms with E-state index in [1.54, 1.807) is 6.20 Å². The standard InChI is InChI=1S/C21H30N6O/c1-15-2-6-18(7-3-15)26-11-10-16(13-26)12-23-21(28)20-14-27(25-24-20)19-8-4-17(22)5-9-19/h2-3,6-7,14,16-17,19H,4-5,8-13,22H2,1H3,(H,23,28)/t16-,17?,19?/m1/s1. The highest BCUT2D eigenvalue weighted by atomic mass is 16.2. The summed E-state index contributed by atoms with van der Waals surface area (Å²) in [6.45, 7) is 4.78. The maximum absolute atomic E-state index is 12.5. The van der Waals surface area contributed by atoms with Crippen LogP contribution in [0.1, 0.15) is 54.2 Å². The number of nitrogens with one attached hydrogen (secondary N) is 1. The second kappa shape index (κ2) is 8.31. The number of hydrogen-bond acceptors (Lipinski definition) is 5. The summed E-state index contributed by atoms with van der Waals surface area (Å²) >= 11 is 0. The van der Waals surface area contributed by atoms with E-state index in [9.17, 15) is 4.79 Å². The minimum atomic E-state index is -0.132. The topological polar surface area (TPSA) is 89.1 Å². The van der Waals surface area contributed by atoms with Crippen LogP contribution in [0.2, 0.25) is 0 Å². The average molecular weight is 383 g/mol. The molecule has 0 bridgehead atoms. The molecular formula is C21H30N6O. The Labute approximate surface area is 166 Å². The van der Waals surface area contributed by atoms with Crippen LogP contribution in [0.5, 0.6) is 0 Å². The fourth-order valence-electron chi connectivity index (χ4n) is 4.24. The number of aromatic nitrogens is 3. The van der Waals surface area contributed by atoms with Gasteiger partial charge in [-0.1, -0.05) is 22.9 Å². The lowest BCUT2D eigenvalue weighted by molar-refractivity contribution is 0.0943. The van der Waals surface area contributed by atoms with Gasteiger partial charge in [0, 0.05) is 31.4 Å². The molecule has 2 aliphatic rings. The molecule has 2 fully saturated rings. The van der Waals surface area contributed by atoms with Crippen molar-refractivity contribution in [1.29, 1.82) is 0 Å². The van der Waals surface area contributed by atoms with Crippen LogP contribution < -0.4 is 16.0 Å². The zero-order chi connectivity index (χ0) is 19.5. The van der Waals surface area contributed by atoms with Gasteiger partial charge in [0.25, 0.3) is 5.91 Å². The number of aryl methyl sites for hydroxylation is 1. The predicted octanol–water partition coefficient (Wildman–Crippen LogP) is 2.29. The fraction of sp³-hybridized carbons (Fsp3) is 0.571. The van der Waals surface area contributed by atoms with Gasteiger partial charge in [-0.3, -0.25) is 4.79 Å². The number of benzene rings is 1. The molecule has 1 aromatic carbocycles. The van der Waals surface area contributed by atoms with Gasteiger partial charge in [-0.15, -0.1) is 5.10 Å². The van der Waals surface area contributed by atoms with Crippen LogP contribution in [0.25, 0.3) is 0 Å². The monoisotopic (exact) mass is 382 g/mol. The summed E-state index contributed by atoms with van der Waals surface area (Å²) in [5.41, 5.74) is 8.91. The Morgan fingerprint density at radius 1 is 1.18 bits per heavy atom. The third-order valence-electron chi connectivity index (χ3n) is 6.09. The first-order valence-electron chi connectivity index (χ1n) is 10.4. The predicted molar refractivity (Wildman–Crippen MR) is 109 cm³/mol. The SMILES string of the molecule is Cc1ccc(N2CC[C@H](CNC(=O)c3cn(C4CCC(N)CC4)nn3)C2)cc1. The molecule has 2 aromatic rings. The van der Waals surface area contributed by atoms with Crippen molar-refractivity contribution in [3.63, 3.8) is 0 Å². The second-order valence-electron chi connectivity index (χ2n) is 8.30. The van der Waals surface area contributed by atoms with Gasteiger partial charge in [0.05, 0.1) is 12.2 Å². The Morgan fingerprint density at radius 3 is 2.68 bits per heavy atom. The summed E-state index contributed by atoms with van der Waals surface area (Å²) in [5, 5.41) is 11.3. The Hall–Kier alpha value is -2.41. The van der Waals surface area contributed by atoms with Crippen molar-refractivity contribution in [3.8, 4) is 0 Å². The van der Waals surface area contributed by atoms with Gasteiger partial charge in [0.15, 0.2) is 5.69 Å². The largest absolute Gasteiger partial charge is 0.371 e. The maximum atomic E-state index is 12.5. The summed E-state index contributed by atoms with van der Waals surface area (Å²) in [5.74, 6) is 0.327. The smallest absolute Gasteiger partial charge is 0.273 e. The molecule has 1 aromatic heterocycles. The van der Waals surface area contributed by atoms with E-state index in [0.29, 0.717) is 30.2 Å². The molecule has 3 N–H and O–H groups in total. The number of rotatable bonds is 5. The number of nitrogens with zero attached hydrogens (tertiary/aromatic N) is 4. The van der Waals surface area contributed by atoms with Crippen LogP contribution in [0.3, 0.4) is 0 Å². The average Bonchev–Trinajstić information content (AvgIpc) is 3.37. The molecule has 0 spiro atoms. The molecule has 1 amide bonds. The van der Waals surface area contributed by atoms with Crippen LogP contribution in [0.4, 0.5) is 5.69 Å². The molecule has 0 radical (unpaired) electrons. The minimum Gasteiger partial charge on any atom is -0.371 e. The van der Waals surface area contributed by atoms with Gasteiger partial charge in [0.1, 0.15) is 0 Å². The van der Waals surface area contributed by atoms with Gasteiger partial charge in [-0.25, -0.2) is 4.68 Å². The first kappa shape index (κ1) is 18.9. The molecule has 4 rings (SSSR count). The molecule has 7 nitrogen and oxygen atoms in total. The van der Waals surface area contributed by atoms with Crippen LogP contribution in [-0.2, 0) is 0 Å². The van der Waals surface area contributed by atoms with E-state index in [0.717, 1.165) is 45.2 Å². The first-order valence-corrected chi connectivity index (χ1v) is 10.4. The van der Waals surface area contributed by atoms with E-state index in [1.165, 1.54) is 11.3 Å². The van der Waals surface area contributed by atoms with Crippen LogP contribution in [-0.4, -0.2) is 46.6 Å². The van der Waals surface area contributed by atoms with Gasteiger partial charge in [-0.2, -0.15) is 0 Å². The van der Waals surface area contributed by atoms with Crippen molar-refractivity contribution in [2.24, 2.45) is 11.7 Å². The molecule has 1 atom stereocenters. The van der Waals surface area contributed by atoms with Crippen molar-refractivity contribution >= 4 is 11.6 Å². The summed E-state index contributed by atoms with van der Waals surface area (Å²) in [4.78, 5) is 14.9.